The summed E-state index contributed by atoms with van der Waals surface area (Å²) < 4.78 is 5.41. The van der Waals surface area contributed by atoms with Gasteiger partial charge in [-0.3, -0.25) is 4.79 Å². The van der Waals surface area contributed by atoms with E-state index in [1.807, 2.05) is 0 Å². The topological polar surface area (TPSA) is 26.3 Å². The number of unbranched alkanes of at least 4 members (excludes halogenated alkanes) is 10. The molecule has 0 aromatic heterocycles. The lowest BCUT2D eigenvalue weighted by molar-refractivity contribution is -0.150. The second kappa shape index (κ2) is 16.3. The van der Waals surface area contributed by atoms with E-state index in [-0.39, 0.29) is 11.9 Å². The second-order valence-corrected chi connectivity index (χ2v) is 7.34. The summed E-state index contributed by atoms with van der Waals surface area (Å²) in [5.41, 5.74) is 0. The van der Waals surface area contributed by atoms with Crippen LogP contribution >= 0.6 is 0 Å². The fourth-order valence-corrected chi connectivity index (χ4v) is 3.00. The van der Waals surface area contributed by atoms with Crippen molar-refractivity contribution in [3.05, 3.63) is 0 Å². The summed E-state index contributed by atoms with van der Waals surface area (Å²) in [4.78, 5) is 12.1. The number of hydrogen-bond acceptors (Lipinski definition) is 2. The Morgan fingerprint density at radius 1 is 0.739 bits per heavy atom. The van der Waals surface area contributed by atoms with E-state index in [0.717, 1.165) is 19.3 Å². The van der Waals surface area contributed by atoms with Crippen LogP contribution in [-0.4, -0.2) is 12.6 Å². The number of hydrogen-bond donors (Lipinski definition) is 0. The van der Waals surface area contributed by atoms with Crippen molar-refractivity contribution in [2.75, 3.05) is 6.61 Å². The SMILES string of the molecule is CCCCCCCCCCCCC(C(=O)OCCCC)C(C)C. The smallest absolute Gasteiger partial charge is 0.309 e. The van der Waals surface area contributed by atoms with Gasteiger partial charge >= 0.3 is 5.97 Å². The molecule has 1 atom stereocenters. The van der Waals surface area contributed by atoms with E-state index in [2.05, 4.69) is 27.7 Å². The first-order chi connectivity index (χ1) is 11.1. The Labute approximate surface area is 145 Å². The molecule has 2 nitrogen and oxygen atoms in total. The van der Waals surface area contributed by atoms with Gasteiger partial charge in [0.25, 0.3) is 0 Å². The van der Waals surface area contributed by atoms with Crippen molar-refractivity contribution in [2.45, 2.75) is 111 Å². The maximum Gasteiger partial charge on any atom is 0.309 e. The molecule has 0 aliphatic carbocycles. The Morgan fingerprint density at radius 3 is 1.70 bits per heavy atom. The minimum absolute atomic E-state index is 0.0318. The summed E-state index contributed by atoms with van der Waals surface area (Å²) in [6, 6.07) is 0. The van der Waals surface area contributed by atoms with E-state index in [1.54, 1.807) is 0 Å². The number of carbonyl (C=O) groups excluding carboxylic acids is 1. The molecule has 138 valence electrons. The van der Waals surface area contributed by atoms with Gasteiger partial charge in [-0.15, -0.1) is 0 Å². The van der Waals surface area contributed by atoms with E-state index >= 15 is 0 Å². The van der Waals surface area contributed by atoms with E-state index < -0.39 is 0 Å². The molecule has 0 spiro atoms. The van der Waals surface area contributed by atoms with Gasteiger partial charge in [-0.2, -0.15) is 0 Å². The van der Waals surface area contributed by atoms with Crippen LogP contribution in [0.1, 0.15) is 111 Å². The van der Waals surface area contributed by atoms with Crippen LogP contribution in [0.5, 0.6) is 0 Å². The van der Waals surface area contributed by atoms with Crippen LogP contribution in [0.15, 0.2) is 0 Å². The molecule has 1 unspecified atom stereocenters. The van der Waals surface area contributed by atoms with Crippen LogP contribution in [0.4, 0.5) is 0 Å². The minimum Gasteiger partial charge on any atom is -0.465 e. The summed E-state index contributed by atoms with van der Waals surface area (Å²) in [7, 11) is 0. The predicted molar refractivity (Wildman–Crippen MR) is 101 cm³/mol. The zero-order valence-corrected chi connectivity index (χ0v) is 16.4. The minimum atomic E-state index is 0.0318. The van der Waals surface area contributed by atoms with Gasteiger partial charge in [-0.1, -0.05) is 98.3 Å². The van der Waals surface area contributed by atoms with Crippen molar-refractivity contribution in [2.24, 2.45) is 11.8 Å². The van der Waals surface area contributed by atoms with Gasteiger partial charge in [0.05, 0.1) is 12.5 Å². The van der Waals surface area contributed by atoms with Crippen LogP contribution in [-0.2, 0) is 9.53 Å². The van der Waals surface area contributed by atoms with Crippen molar-refractivity contribution >= 4 is 5.97 Å². The molecule has 0 rings (SSSR count). The lowest BCUT2D eigenvalue weighted by Gasteiger charge is -2.19. The molecular weight excluding hydrogens is 284 g/mol. The molecule has 23 heavy (non-hydrogen) atoms. The average Bonchev–Trinajstić information content (AvgIpc) is 2.52. The van der Waals surface area contributed by atoms with Crippen molar-refractivity contribution in [3.8, 4) is 0 Å². The second-order valence-electron chi connectivity index (χ2n) is 7.34. The third-order valence-electron chi connectivity index (χ3n) is 4.72. The van der Waals surface area contributed by atoms with E-state index in [0.29, 0.717) is 12.5 Å². The summed E-state index contributed by atoms with van der Waals surface area (Å²) in [5.74, 6) is 0.521. The Balaban J connectivity index is 3.62. The number of rotatable bonds is 16. The van der Waals surface area contributed by atoms with Crippen LogP contribution in [0.2, 0.25) is 0 Å². The van der Waals surface area contributed by atoms with E-state index in [4.69, 9.17) is 4.74 Å². The molecule has 0 aliphatic rings. The average molecular weight is 327 g/mol. The van der Waals surface area contributed by atoms with Gasteiger partial charge in [0.2, 0.25) is 0 Å². The summed E-state index contributed by atoms with van der Waals surface area (Å²) in [6.45, 7) is 9.27. The molecule has 0 saturated carbocycles. The summed E-state index contributed by atoms with van der Waals surface area (Å²) in [6.07, 6.45) is 16.5. The number of carbonyl (C=O) groups is 1. The standard InChI is InChI=1S/C21H42O2/c1-5-7-9-10-11-12-13-14-15-16-17-20(19(3)4)21(22)23-18-8-6-2/h19-20H,5-18H2,1-4H3. The highest BCUT2D eigenvalue weighted by atomic mass is 16.5. The molecule has 0 amide bonds. The van der Waals surface area contributed by atoms with Crippen LogP contribution in [0, 0.1) is 11.8 Å². The molecule has 0 N–H and O–H groups in total. The zero-order valence-electron chi connectivity index (χ0n) is 16.4. The van der Waals surface area contributed by atoms with Crippen LogP contribution in [0.3, 0.4) is 0 Å². The number of esters is 1. The summed E-state index contributed by atoms with van der Waals surface area (Å²) in [5, 5.41) is 0. The van der Waals surface area contributed by atoms with E-state index in [9.17, 15) is 4.79 Å². The Kier molecular flexibility index (Phi) is 16.0. The predicted octanol–water partition coefficient (Wildman–Crippen LogP) is 6.91. The lowest BCUT2D eigenvalue weighted by Crippen LogP contribution is -2.23. The van der Waals surface area contributed by atoms with Crippen molar-refractivity contribution in [1.82, 2.24) is 0 Å². The first kappa shape index (κ1) is 22.5. The molecule has 0 aromatic carbocycles. The van der Waals surface area contributed by atoms with Gasteiger partial charge in [-0.05, 0) is 18.8 Å². The quantitative estimate of drug-likeness (QED) is 0.227. The molecule has 0 radical (unpaired) electrons. The van der Waals surface area contributed by atoms with Crippen LogP contribution in [0.25, 0.3) is 0 Å². The molecule has 2 heteroatoms. The van der Waals surface area contributed by atoms with Gasteiger partial charge < -0.3 is 4.74 Å². The monoisotopic (exact) mass is 326 g/mol. The van der Waals surface area contributed by atoms with Gasteiger partial charge in [0.15, 0.2) is 0 Å². The molecule has 0 heterocycles. The molecule has 0 aliphatic heterocycles. The third kappa shape index (κ3) is 13.6. The Bertz CT molecular complexity index is 261. The van der Waals surface area contributed by atoms with Gasteiger partial charge in [-0.25, -0.2) is 0 Å². The molecule has 0 fully saturated rings. The van der Waals surface area contributed by atoms with Crippen molar-refractivity contribution < 1.29 is 9.53 Å². The summed E-state index contributed by atoms with van der Waals surface area (Å²) >= 11 is 0. The lowest BCUT2D eigenvalue weighted by atomic mass is 9.90. The third-order valence-corrected chi connectivity index (χ3v) is 4.72. The highest BCUT2D eigenvalue weighted by Gasteiger charge is 2.22. The zero-order chi connectivity index (χ0) is 17.3. The first-order valence-corrected chi connectivity index (χ1v) is 10.3. The van der Waals surface area contributed by atoms with Gasteiger partial charge in [0, 0.05) is 0 Å². The van der Waals surface area contributed by atoms with Crippen LogP contribution < -0.4 is 0 Å². The fourth-order valence-electron chi connectivity index (χ4n) is 3.00. The maximum absolute atomic E-state index is 12.1. The Morgan fingerprint density at radius 2 is 1.22 bits per heavy atom. The maximum atomic E-state index is 12.1. The highest BCUT2D eigenvalue weighted by molar-refractivity contribution is 5.72. The highest BCUT2D eigenvalue weighted by Crippen LogP contribution is 2.21. The molecular formula is C21H42O2. The van der Waals surface area contributed by atoms with Crippen molar-refractivity contribution in [3.63, 3.8) is 0 Å². The Hall–Kier alpha value is -0.530. The van der Waals surface area contributed by atoms with Gasteiger partial charge in [0.1, 0.15) is 0 Å². The fraction of sp³-hybridized carbons (Fsp3) is 0.952. The number of ether oxygens (including phenoxy) is 1. The molecule has 0 bridgehead atoms. The molecule has 0 saturated heterocycles. The molecule has 0 aromatic rings. The largest absolute Gasteiger partial charge is 0.465 e. The van der Waals surface area contributed by atoms with E-state index in [1.165, 1.54) is 64.2 Å². The van der Waals surface area contributed by atoms with Crippen molar-refractivity contribution in [1.29, 1.82) is 0 Å². The normalized spacial score (nSPS) is 12.6. The first-order valence-electron chi connectivity index (χ1n) is 10.3.